The summed E-state index contributed by atoms with van der Waals surface area (Å²) < 4.78 is 2.39. The van der Waals surface area contributed by atoms with Gasteiger partial charge in [0, 0.05) is 25.9 Å². The van der Waals surface area contributed by atoms with Crippen molar-refractivity contribution in [2.75, 3.05) is 6.54 Å². The fourth-order valence-corrected chi connectivity index (χ4v) is 3.41. The summed E-state index contributed by atoms with van der Waals surface area (Å²) in [6.45, 7) is 6.07. The molecule has 1 N–H and O–H groups in total. The number of nitrogens with one attached hydrogen (secondary N) is 1. The maximum atomic E-state index is 11.6. The minimum Gasteiger partial charge on any atom is -0.356 e. The molecule has 0 atom stereocenters. The first-order valence-corrected chi connectivity index (χ1v) is 10.5. The molecule has 1 heterocycles. The Hall–Kier alpha value is -1.84. The Balaban J connectivity index is 1.89. The van der Waals surface area contributed by atoms with Crippen molar-refractivity contribution in [1.29, 1.82) is 0 Å². The average molecular weight is 358 g/mol. The van der Waals surface area contributed by atoms with Crippen LogP contribution in [0.4, 0.5) is 0 Å². The molecule has 1 aromatic carbocycles. The van der Waals surface area contributed by atoms with Crippen LogP contribution >= 0.6 is 0 Å². The average Bonchev–Trinajstić information content (AvgIpc) is 2.99. The lowest BCUT2D eigenvalue weighted by atomic mass is 10.1. The highest BCUT2D eigenvalue weighted by Gasteiger charge is 2.10. The summed E-state index contributed by atoms with van der Waals surface area (Å²) in [6.07, 6.45) is 11.2. The molecule has 1 amide bonds. The van der Waals surface area contributed by atoms with Gasteiger partial charge in [-0.05, 0) is 31.4 Å². The predicted molar refractivity (Wildman–Crippen MR) is 109 cm³/mol. The van der Waals surface area contributed by atoms with Gasteiger partial charge < -0.3 is 9.88 Å². The van der Waals surface area contributed by atoms with Gasteiger partial charge in [0.25, 0.3) is 0 Å². The second-order valence-electron chi connectivity index (χ2n) is 7.14. The van der Waals surface area contributed by atoms with Gasteiger partial charge in [-0.25, -0.2) is 4.98 Å². The zero-order valence-electron chi connectivity index (χ0n) is 16.6. The number of aromatic nitrogens is 2. The van der Waals surface area contributed by atoms with Crippen molar-refractivity contribution >= 4 is 16.9 Å². The van der Waals surface area contributed by atoms with Gasteiger partial charge in [0.15, 0.2) is 0 Å². The largest absolute Gasteiger partial charge is 0.356 e. The molecule has 0 bridgehead atoms. The molecule has 0 radical (unpaired) electrons. The molecule has 1 aromatic heterocycles. The van der Waals surface area contributed by atoms with Crippen LogP contribution in [0.15, 0.2) is 24.3 Å². The number of amides is 1. The summed E-state index contributed by atoms with van der Waals surface area (Å²) in [7, 11) is 0. The van der Waals surface area contributed by atoms with Crippen LogP contribution in [0.1, 0.15) is 77.5 Å². The van der Waals surface area contributed by atoms with Gasteiger partial charge in [-0.2, -0.15) is 0 Å². The number of rotatable bonds is 13. The zero-order chi connectivity index (χ0) is 18.6. The highest BCUT2D eigenvalue weighted by Crippen LogP contribution is 2.18. The number of benzene rings is 1. The molecule has 4 nitrogen and oxygen atoms in total. The Bertz CT molecular complexity index is 662. The molecule has 0 aliphatic carbocycles. The van der Waals surface area contributed by atoms with Gasteiger partial charge in [-0.15, -0.1) is 0 Å². The Morgan fingerprint density at radius 2 is 1.77 bits per heavy atom. The number of aryl methyl sites for hydroxylation is 2. The van der Waals surface area contributed by atoms with Crippen LogP contribution in [-0.2, 0) is 17.8 Å². The van der Waals surface area contributed by atoms with Gasteiger partial charge in [-0.1, -0.05) is 58.1 Å². The lowest BCUT2D eigenvalue weighted by Crippen LogP contribution is -2.24. The van der Waals surface area contributed by atoms with Crippen molar-refractivity contribution < 1.29 is 4.79 Å². The summed E-state index contributed by atoms with van der Waals surface area (Å²) in [5.74, 6) is 1.32. The molecule has 0 spiro atoms. The van der Waals surface area contributed by atoms with E-state index in [1.54, 1.807) is 0 Å². The molecule has 0 saturated heterocycles. The predicted octanol–water partition coefficient (Wildman–Crippen LogP) is 5.25. The Morgan fingerprint density at radius 1 is 1.00 bits per heavy atom. The van der Waals surface area contributed by atoms with E-state index in [0.29, 0.717) is 6.42 Å². The van der Waals surface area contributed by atoms with Crippen molar-refractivity contribution in [3.63, 3.8) is 0 Å². The first kappa shape index (κ1) is 20.5. The van der Waals surface area contributed by atoms with Crippen LogP contribution in [0.3, 0.4) is 0 Å². The Labute approximate surface area is 158 Å². The highest BCUT2D eigenvalue weighted by molar-refractivity contribution is 5.76. The highest BCUT2D eigenvalue weighted by atomic mass is 16.1. The second kappa shape index (κ2) is 11.7. The number of unbranched alkanes of at least 4 members (excludes halogenated alkanes) is 5. The number of carbonyl (C=O) groups is 1. The second-order valence-corrected chi connectivity index (χ2v) is 7.14. The quantitative estimate of drug-likeness (QED) is 0.498. The number of imidazole rings is 1. The van der Waals surface area contributed by atoms with E-state index in [1.165, 1.54) is 44.0 Å². The summed E-state index contributed by atoms with van der Waals surface area (Å²) in [6, 6.07) is 8.42. The number of nitrogens with zero attached hydrogens (tertiary/aromatic N) is 2. The molecule has 0 unspecified atom stereocenters. The Morgan fingerprint density at radius 3 is 2.58 bits per heavy atom. The van der Waals surface area contributed by atoms with Crippen LogP contribution in [0.2, 0.25) is 0 Å². The van der Waals surface area contributed by atoms with E-state index >= 15 is 0 Å². The van der Waals surface area contributed by atoms with E-state index < -0.39 is 0 Å². The molecule has 0 fully saturated rings. The third kappa shape index (κ3) is 6.47. The normalized spacial score (nSPS) is 11.2. The maximum Gasteiger partial charge on any atom is 0.219 e. The van der Waals surface area contributed by atoms with E-state index in [0.717, 1.165) is 43.7 Å². The first-order chi connectivity index (χ1) is 12.8. The third-order valence-electron chi connectivity index (χ3n) is 4.85. The minimum absolute atomic E-state index is 0.160. The van der Waals surface area contributed by atoms with E-state index in [2.05, 4.69) is 41.1 Å². The summed E-state index contributed by atoms with van der Waals surface area (Å²) >= 11 is 0. The van der Waals surface area contributed by atoms with E-state index in [1.807, 2.05) is 6.92 Å². The molecule has 2 aromatic rings. The van der Waals surface area contributed by atoms with Crippen molar-refractivity contribution in [2.45, 2.75) is 84.6 Å². The summed E-state index contributed by atoms with van der Waals surface area (Å²) in [5, 5.41) is 3.00. The van der Waals surface area contributed by atoms with Crippen molar-refractivity contribution in [1.82, 2.24) is 14.9 Å². The molecule has 0 aliphatic rings. The zero-order valence-corrected chi connectivity index (χ0v) is 16.6. The number of para-hydroxylation sites is 2. The van der Waals surface area contributed by atoms with Crippen LogP contribution < -0.4 is 5.32 Å². The fraction of sp³-hybridized carbons (Fsp3) is 0.636. The SMILES string of the molecule is CCCCCCCCn1c(CCCNC(=O)CCC)nc2ccccc21. The number of carbonyl (C=O) groups excluding carboxylic acids is 1. The minimum atomic E-state index is 0.160. The van der Waals surface area contributed by atoms with Crippen molar-refractivity contribution in [3.8, 4) is 0 Å². The van der Waals surface area contributed by atoms with Crippen LogP contribution in [0.5, 0.6) is 0 Å². The summed E-state index contributed by atoms with van der Waals surface area (Å²) in [5.41, 5.74) is 2.33. The van der Waals surface area contributed by atoms with Crippen LogP contribution in [-0.4, -0.2) is 22.0 Å². The van der Waals surface area contributed by atoms with Gasteiger partial charge in [0.1, 0.15) is 5.82 Å². The third-order valence-corrected chi connectivity index (χ3v) is 4.85. The van der Waals surface area contributed by atoms with Gasteiger partial charge in [-0.3, -0.25) is 4.79 Å². The molecule has 4 heteroatoms. The fourth-order valence-electron chi connectivity index (χ4n) is 3.41. The van der Waals surface area contributed by atoms with Gasteiger partial charge in [0.05, 0.1) is 11.0 Å². The van der Waals surface area contributed by atoms with Crippen LogP contribution in [0, 0.1) is 0 Å². The topological polar surface area (TPSA) is 46.9 Å². The number of fused-ring (bicyclic) bond motifs is 1. The molecule has 144 valence electrons. The monoisotopic (exact) mass is 357 g/mol. The lowest BCUT2D eigenvalue weighted by molar-refractivity contribution is -0.121. The first-order valence-electron chi connectivity index (χ1n) is 10.5. The van der Waals surface area contributed by atoms with Gasteiger partial charge in [0.2, 0.25) is 5.91 Å². The van der Waals surface area contributed by atoms with E-state index in [-0.39, 0.29) is 5.91 Å². The van der Waals surface area contributed by atoms with Crippen molar-refractivity contribution in [2.24, 2.45) is 0 Å². The molecule has 2 rings (SSSR count). The summed E-state index contributed by atoms with van der Waals surface area (Å²) in [4.78, 5) is 16.4. The van der Waals surface area contributed by atoms with Crippen LogP contribution in [0.25, 0.3) is 11.0 Å². The maximum absolute atomic E-state index is 11.6. The van der Waals surface area contributed by atoms with Crippen molar-refractivity contribution in [3.05, 3.63) is 30.1 Å². The molecule has 0 aliphatic heterocycles. The number of hydrogen-bond donors (Lipinski definition) is 1. The molecule has 26 heavy (non-hydrogen) atoms. The number of hydrogen-bond acceptors (Lipinski definition) is 2. The lowest BCUT2D eigenvalue weighted by Gasteiger charge is -2.10. The molecular weight excluding hydrogens is 322 g/mol. The molecular formula is C22H35N3O. The van der Waals surface area contributed by atoms with E-state index in [4.69, 9.17) is 4.98 Å². The van der Waals surface area contributed by atoms with Gasteiger partial charge >= 0.3 is 0 Å². The molecule has 0 saturated carbocycles. The van der Waals surface area contributed by atoms with E-state index in [9.17, 15) is 4.79 Å². The smallest absolute Gasteiger partial charge is 0.219 e. The standard InChI is InChI=1S/C22H35N3O/c1-3-5-6-7-8-11-18-25-20-15-10-9-14-19(20)24-21(25)16-12-17-23-22(26)13-4-2/h9-10,14-15H,3-8,11-13,16-18H2,1-2H3,(H,23,26). The Kier molecular flexibility index (Phi) is 9.22.